The fraction of sp³-hybridized carbons (Fsp3) is 0.455. The Balaban J connectivity index is 2.27. The number of ether oxygens (including phenoxy) is 1. The normalized spacial score (nSPS) is 19.6. The number of esters is 1. The molecule has 0 aromatic carbocycles. The maximum absolute atomic E-state index is 12.5. The second-order valence-electron chi connectivity index (χ2n) is 4.43. The predicted octanol–water partition coefficient (Wildman–Crippen LogP) is 1.39. The van der Waals surface area contributed by atoms with Gasteiger partial charge in [-0.15, -0.1) is 11.3 Å². The number of hydrogen-bond donors (Lipinski definition) is 1. The zero-order valence-electron chi connectivity index (χ0n) is 10.9. The summed E-state index contributed by atoms with van der Waals surface area (Å²) in [5.41, 5.74) is 0. The van der Waals surface area contributed by atoms with Crippen molar-refractivity contribution in [3.63, 3.8) is 0 Å². The zero-order chi connectivity index (χ0) is 15.8. The predicted molar refractivity (Wildman–Crippen MR) is 77.9 cm³/mol. The van der Waals surface area contributed by atoms with Gasteiger partial charge in [0, 0.05) is 13.1 Å². The molecule has 21 heavy (non-hydrogen) atoms. The summed E-state index contributed by atoms with van der Waals surface area (Å²) >= 11 is 3.92. The molecule has 1 fully saturated rings. The van der Waals surface area contributed by atoms with Gasteiger partial charge in [-0.05, 0) is 28.4 Å². The molecule has 1 unspecified atom stereocenters. The highest BCUT2D eigenvalue weighted by Crippen LogP contribution is 2.35. The van der Waals surface area contributed by atoms with Crippen LogP contribution in [0.2, 0.25) is 0 Å². The maximum atomic E-state index is 12.5. The van der Waals surface area contributed by atoms with Gasteiger partial charge in [0.25, 0.3) is 0 Å². The molecule has 7 nitrogen and oxygen atoms in total. The van der Waals surface area contributed by atoms with Crippen LogP contribution in [0.5, 0.6) is 0 Å². The van der Waals surface area contributed by atoms with Crippen LogP contribution in [0.15, 0.2) is 14.7 Å². The van der Waals surface area contributed by atoms with Crippen LogP contribution in [0, 0.1) is 5.92 Å². The first kappa shape index (κ1) is 16.4. The van der Waals surface area contributed by atoms with Crippen molar-refractivity contribution < 1.29 is 27.9 Å². The molecular formula is C11H12BrNO6S2. The fourth-order valence-electron chi connectivity index (χ4n) is 2.08. The van der Waals surface area contributed by atoms with E-state index < -0.39 is 27.9 Å². The van der Waals surface area contributed by atoms with Crippen LogP contribution in [0.3, 0.4) is 0 Å². The van der Waals surface area contributed by atoms with E-state index in [-0.39, 0.29) is 26.6 Å². The first-order chi connectivity index (χ1) is 9.77. The molecule has 0 amide bonds. The second-order valence-corrected chi connectivity index (χ2v) is 8.70. The van der Waals surface area contributed by atoms with Gasteiger partial charge in [0.05, 0.1) is 16.8 Å². The SMILES string of the molecule is COC(=O)C1CCN(S(=O)(=O)c2cc(C(=O)O)sc2Br)C1. The molecule has 2 rings (SSSR count). The molecule has 0 bridgehead atoms. The van der Waals surface area contributed by atoms with Gasteiger partial charge in [-0.25, -0.2) is 13.2 Å². The van der Waals surface area contributed by atoms with Crippen LogP contribution in [0.25, 0.3) is 0 Å². The maximum Gasteiger partial charge on any atom is 0.345 e. The van der Waals surface area contributed by atoms with E-state index in [0.29, 0.717) is 6.42 Å². The molecule has 1 aliphatic heterocycles. The van der Waals surface area contributed by atoms with Gasteiger partial charge in [0.15, 0.2) is 0 Å². The first-order valence-corrected chi connectivity index (χ1v) is 8.93. The number of carbonyl (C=O) groups excluding carboxylic acids is 1. The van der Waals surface area contributed by atoms with Crippen LogP contribution < -0.4 is 0 Å². The molecule has 1 aromatic rings. The molecule has 0 aliphatic carbocycles. The van der Waals surface area contributed by atoms with Crippen molar-refractivity contribution >= 4 is 49.2 Å². The Morgan fingerprint density at radius 3 is 2.71 bits per heavy atom. The molecule has 1 atom stereocenters. The molecular weight excluding hydrogens is 386 g/mol. The number of carboxylic acid groups (broad SMARTS) is 1. The number of rotatable bonds is 4. The van der Waals surface area contributed by atoms with E-state index in [0.717, 1.165) is 17.4 Å². The summed E-state index contributed by atoms with van der Waals surface area (Å²) in [5.74, 6) is -2.11. The van der Waals surface area contributed by atoms with Crippen LogP contribution in [-0.2, 0) is 19.6 Å². The molecule has 2 heterocycles. The van der Waals surface area contributed by atoms with Gasteiger partial charge in [-0.3, -0.25) is 4.79 Å². The van der Waals surface area contributed by atoms with Crippen molar-refractivity contribution in [2.24, 2.45) is 5.92 Å². The summed E-state index contributed by atoms with van der Waals surface area (Å²) in [6, 6.07) is 1.12. The van der Waals surface area contributed by atoms with Crippen molar-refractivity contribution in [2.45, 2.75) is 11.3 Å². The monoisotopic (exact) mass is 397 g/mol. The van der Waals surface area contributed by atoms with E-state index in [2.05, 4.69) is 20.7 Å². The van der Waals surface area contributed by atoms with E-state index in [1.54, 1.807) is 0 Å². The highest BCUT2D eigenvalue weighted by atomic mass is 79.9. The van der Waals surface area contributed by atoms with Crippen molar-refractivity contribution in [2.75, 3.05) is 20.2 Å². The first-order valence-electron chi connectivity index (χ1n) is 5.88. The van der Waals surface area contributed by atoms with Gasteiger partial charge in [-0.2, -0.15) is 4.31 Å². The average Bonchev–Trinajstić information content (AvgIpc) is 3.04. The molecule has 1 aliphatic rings. The third-order valence-electron chi connectivity index (χ3n) is 3.17. The van der Waals surface area contributed by atoms with E-state index in [4.69, 9.17) is 5.11 Å². The topological polar surface area (TPSA) is 101 Å². The lowest BCUT2D eigenvalue weighted by Gasteiger charge is -2.15. The number of carbonyl (C=O) groups is 2. The smallest absolute Gasteiger partial charge is 0.345 e. The van der Waals surface area contributed by atoms with Crippen LogP contribution in [-0.4, -0.2) is 50.0 Å². The third kappa shape index (κ3) is 3.12. The summed E-state index contributed by atoms with van der Waals surface area (Å²) in [6.07, 6.45) is 0.388. The Labute approximate surface area is 133 Å². The highest BCUT2D eigenvalue weighted by molar-refractivity contribution is 9.11. The van der Waals surface area contributed by atoms with E-state index in [1.165, 1.54) is 11.4 Å². The average molecular weight is 398 g/mol. The molecule has 0 spiro atoms. The lowest BCUT2D eigenvalue weighted by molar-refractivity contribution is -0.144. The number of hydrogen-bond acceptors (Lipinski definition) is 6. The molecule has 1 aromatic heterocycles. The number of methoxy groups -OCH3 is 1. The van der Waals surface area contributed by atoms with Gasteiger partial charge < -0.3 is 9.84 Å². The molecule has 0 radical (unpaired) electrons. The fourth-order valence-corrected chi connectivity index (χ4v) is 5.93. The molecule has 1 saturated heterocycles. The molecule has 116 valence electrons. The largest absolute Gasteiger partial charge is 0.477 e. The van der Waals surface area contributed by atoms with Crippen LogP contribution >= 0.6 is 27.3 Å². The van der Waals surface area contributed by atoms with Crippen LogP contribution in [0.1, 0.15) is 16.1 Å². The summed E-state index contributed by atoms with van der Waals surface area (Å²) in [5, 5.41) is 8.92. The minimum atomic E-state index is -3.83. The summed E-state index contributed by atoms with van der Waals surface area (Å²) in [7, 11) is -2.57. The van der Waals surface area contributed by atoms with Gasteiger partial charge >= 0.3 is 11.9 Å². The molecule has 0 saturated carbocycles. The van der Waals surface area contributed by atoms with E-state index >= 15 is 0 Å². The minimum absolute atomic E-state index is 0.0414. The molecule has 1 N–H and O–H groups in total. The van der Waals surface area contributed by atoms with E-state index in [9.17, 15) is 18.0 Å². The van der Waals surface area contributed by atoms with Crippen molar-refractivity contribution in [3.05, 3.63) is 14.7 Å². The Morgan fingerprint density at radius 1 is 1.52 bits per heavy atom. The summed E-state index contributed by atoms with van der Waals surface area (Å²) < 4.78 is 31.0. The van der Waals surface area contributed by atoms with Crippen LogP contribution in [0.4, 0.5) is 0 Å². The van der Waals surface area contributed by atoms with Crippen molar-refractivity contribution in [1.29, 1.82) is 0 Å². The lowest BCUT2D eigenvalue weighted by Crippen LogP contribution is -2.30. The van der Waals surface area contributed by atoms with Gasteiger partial charge in [0.2, 0.25) is 10.0 Å². The molecule has 10 heteroatoms. The zero-order valence-corrected chi connectivity index (χ0v) is 14.1. The lowest BCUT2D eigenvalue weighted by atomic mass is 10.1. The Hall–Kier alpha value is -0.970. The highest BCUT2D eigenvalue weighted by Gasteiger charge is 2.38. The summed E-state index contributed by atoms with van der Waals surface area (Å²) in [6.45, 7) is 0.243. The van der Waals surface area contributed by atoms with Gasteiger partial charge in [-0.1, -0.05) is 0 Å². The Kier molecular flexibility index (Phi) is 4.71. The Bertz CT molecular complexity index is 683. The van der Waals surface area contributed by atoms with Crippen molar-refractivity contribution in [1.82, 2.24) is 4.31 Å². The van der Waals surface area contributed by atoms with Gasteiger partial charge in [0.1, 0.15) is 9.77 Å². The number of aromatic carboxylic acids is 1. The number of halogens is 1. The Morgan fingerprint density at radius 2 is 2.19 bits per heavy atom. The second kappa shape index (κ2) is 6.03. The third-order valence-corrected chi connectivity index (χ3v) is 7.27. The number of nitrogens with zero attached hydrogens (tertiary/aromatic N) is 1. The number of sulfonamides is 1. The summed E-state index contributed by atoms with van der Waals surface area (Å²) in [4.78, 5) is 22.2. The minimum Gasteiger partial charge on any atom is -0.477 e. The number of carboxylic acids is 1. The number of thiophene rings is 1. The quantitative estimate of drug-likeness (QED) is 0.770. The van der Waals surface area contributed by atoms with Crippen molar-refractivity contribution in [3.8, 4) is 0 Å². The standard InChI is InChI=1S/C11H12BrNO6S2/c1-19-11(16)6-2-3-13(5-6)21(17,18)8-4-7(10(14)15)20-9(8)12/h4,6H,2-3,5H2,1H3,(H,14,15). The van der Waals surface area contributed by atoms with E-state index in [1.807, 2.05) is 0 Å².